The highest BCUT2D eigenvalue weighted by molar-refractivity contribution is 6.15. The van der Waals surface area contributed by atoms with Gasteiger partial charge in [-0.05, 0) is 34.9 Å². The van der Waals surface area contributed by atoms with Crippen molar-refractivity contribution >= 4 is 17.5 Å². The maximum atomic E-state index is 12.1. The van der Waals surface area contributed by atoms with Crippen molar-refractivity contribution in [2.45, 2.75) is 45.3 Å². The number of esters is 1. The van der Waals surface area contributed by atoms with Gasteiger partial charge in [-0.25, -0.2) is 0 Å². The molecule has 5 heteroatoms. The fourth-order valence-electron chi connectivity index (χ4n) is 3.63. The van der Waals surface area contributed by atoms with E-state index in [-0.39, 0.29) is 30.7 Å². The van der Waals surface area contributed by atoms with Crippen molar-refractivity contribution in [3.05, 3.63) is 64.5 Å². The summed E-state index contributed by atoms with van der Waals surface area (Å²) in [6, 6.07) is 8.11. The molecule has 1 aromatic carbocycles. The number of ether oxygens (including phenoxy) is 1. The van der Waals surface area contributed by atoms with Crippen molar-refractivity contribution in [3.63, 3.8) is 0 Å². The summed E-state index contributed by atoms with van der Waals surface area (Å²) in [6.07, 6.45) is 4.72. The Morgan fingerprint density at radius 2 is 2.00 bits per heavy atom. The van der Waals surface area contributed by atoms with Crippen LogP contribution in [-0.4, -0.2) is 28.6 Å². The van der Waals surface area contributed by atoms with Crippen LogP contribution in [0.3, 0.4) is 0 Å². The molecule has 1 aromatic heterocycles. The van der Waals surface area contributed by atoms with Gasteiger partial charge in [0.25, 0.3) is 0 Å². The predicted molar refractivity (Wildman–Crippen MR) is 97.2 cm³/mol. The van der Waals surface area contributed by atoms with Gasteiger partial charge in [-0.1, -0.05) is 13.0 Å². The van der Waals surface area contributed by atoms with Gasteiger partial charge in [0, 0.05) is 42.8 Å². The second-order valence-electron chi connectivity index (χ2n) is 6.77. The van der Waals surface area contributed by atoms with E-state index in [4.69, 9.17) is 4.74 Å². The Labute approximate surface area is 152 Å². The number of rotatable bonds is 4. The summed E-state index contributed by atoms with van der Waals surface area (Å²) in [6.45, 7) is 2.45. The summed E-state index contributed by atoms with van der Waals surface area (Å²) < 4.78 is 5.51. The number of pyridine rings is 1. The second kappa shape index (κ2) is 6.83. The quantitative estimate of drug-likeness (QED) is 0.797. The Morgan fingerprint density at radius 1 is 1.19 bits per heavy atom. The molecule has 0 amide bonds. The number of cyclic esters (lactones) is 1. The molecule has 2 aromatic rings. The number of hydrogen-bond acceptors (Lipinski definition) is 5. The monoisotopic (exact) mass is 348 g/mol. The van der Waals surface area contributed by atoms with E-state index in [0.717, 1.165) is 33.5 Å². The van der Waals surface area contributed by atoms with Crippen LogP contribution in [0.15, 0.2) is 41.7 Å². The fourth-order valence-corrected chi connectivity index (χ4v) is 3.63. The molecule has 5 nitrogen and oxygen atoms in total. The van der Waals surface area contributed by atoms with Crippen LogP contribution in [0.2, 0.25) is 0 Å². The van der Waals surface area contributed by atoms with Crippen LogP contribution in [0.1, 0.15) is 47.6 Å². The normalized spacial score (nSPS) is 18.4. The SMILES string of the molecule is CCC(=O)CC1Cc2cc3c(cc2CC(=O)O1)CN=C3c1ccncc1. The minimum absolute atomic E-state index is 0.117. The van der Waals surface area contributed by atoms with Gasteiger partial charge in [0.05, 0.1) is 18.7 Å². The molecule has 132 valence electrons. The first-order valence-corrected chi connectivity index (χ1v) is 8.95. The van der Waals surface area contributed by atoms with Crippen molar-refractivity contribution in [2.24, 2.45) is 4.99 Å². The zero-order chi connectivity index (χ0) is 18.1. The van der Waals surface area contributed by atoms with E-state index >= 15 is 0 Å². The van der Waals surface area contributed by atoms with Gasteiger partial charge < -0.3 is 4.74 Å². The molecule has 0 saturated heterocycles. The van der Waals surface area contributed by atoms with Crippen LogP contribution in [0.25, 0.3) is 0 Å². The largest absolute Gasteiger partial charge is 0.461 e. The summed E-state index contributed by atoms with van der Waals surface area (Å²) in [5.74, 6) is -0.141. The molecule has 2 aliphatic heterocycles. The Kier molecular flexibility index (Phi) is 4.37. The number of benzene rings is 1. The molecule has 1 atom stereocenters. The first-order chi connectivity index (χ1) is 12.6. The van der Waals surface area contributed by atoms with E-state index in [1.165, 1.54) is 0 Å². The van der Waals surface area contributed by atoms with Crippen molar-refractivity contribution in [3.8, 4) is 0 Å². The van der Waals surface area contributed by atoms with Crippen LogP contribution < -0.4 is 0 Å². The third-order valence-electron chi connectivity index (χ3n) is 4.97. The number of ketones is 1. The topological polar surface area (TPSA) is 68.6 Å². The Morgan fingerprint density at radius 3 is 2.77 bits per heavy atom. The average molecular weight is 348 g/mol. The predicted octanol–water partition coefficient (Wildman–Crippen LogP) is 2.81. The molecule has 0 bridgehead atoms. The summed E-state index contributed by atoms with van der Waals surface area (Å²) in [5.41, 5.74) is 6.30. The number of aliphatic imine (C=N–C) groups is 1. The molecule has 0 spiro atoms. The Bertz CT molecular complexity index is 903. The smallest absolute Gasteiger partial charge is 0.310 e. The van der Waals surface area contributed by atoms with E-state index in [1.807, 2.05) is 19.1 Å². The molecule has 1 unspecified atom stereocenters. The molecule has 0 aliphatic carbocycles. The molecule has 4 rings (SSSR count). The van der Waals surface area contributed by atoms with Crippen LogP contribution in [-0.2, 0) is 33.7 Å². The van der Waals surface area contributed by atoms with Gasteiger partial charge in [0.1, 0.15) is 11.9 Å². The van der Waals surface area contributed by atoms with Crippen LogP contribution in [0.4, 0.5) is 0 Å². The molecule has 26 heavy (non-hydrogen) atoms. The molecule has 2 aliphatic rings. The van der Waals surface area contributed by atoms with E-state index in [0.29, 0.717) is 19.4 Å². The molecule has 0 fully saturated rings. The summed E-state index contributed by atoms with van der Waals surface area (Å²) in [5, 5.41) is 0. The van der Waals surface area contributed by atoms with Crippen LogP contribution >= 0.6 is 0 Å². The van der Waals surface area contributed by atoms with Gasteiger partial charge in [-0.3, -0.25) is 19.6 Å². The number of fused-ring (bicyclic) bond motifs is 2. The van der Waals surface area contributed by atoms with E-state index in [9.17, 15) is 9.59 Å². The van der Waals surface area contributed by atoms with Gasteiger partial charge in [0.2, 0.25) is 0 Å². The highest BCUT2D eigenvalue weighted by Gasteiger charge is 2.27. The summed E-state index contributed by atoms with van der Waals surface area (Å²) in [7, 11) is 0. The molecular formula is C21H20N2O3. The lowest BCUT2D eigenvalue weighted by Crippen LogP contribution is -2.22. The number of aromatic nitrogens is 1. The summed E-state index contributed by atoms with van der Waals surface area (Å²) in [4.78, 5) is 32.7. The molecule has 0 saturated carbocycles. The number of nitrogens with zero attached hydrogens (tertiary/aromatic N) is 2. The van der Waals surface area contributed by atoms with Crippen LogP contribution in [0, 0.1) is 0 Å². The maximum absolute atomic E-state index is 12.1. The van der Waals surface area contributed by atoms with Crippen molar-refractivity contribution in [1.29, 1.82) is 0 Å². The molecular weight excluding hydrogens is 328 g/mol. The highest BCUT2D eigenvalue weighted by atomic mass is 16.5. The lowest BCUT2D eigenvalue weighted by atomic mass is 9.91. The molecule has 0 radical (unpaired) electrons. The van der Waals surface area contributed by atoms with E-state index in [2.05, 4.69) is 22.1 Å². The van der Waals surface area contributed by atoms with Gasteiger partial charge in [-0.15, -0.1) is 0 Å². The lowest BCUT2D eigenvalue weighted by molar-refractivity contribution is -0.148. The average Bonchev–Trinajstić information content (AvgIpc) is 2.97. The molecule has 0 N–H and O–H groups in total. The third kappa shape index (κ3) is 3.17. The summed E-state index contributed by atoms with van der Waals surface area (Å²) >= 11 is 0. The standard InChI is InChI=1S/C21H20N2O3/c1-2-17(24)11-18-8-15-9-19-16(7-14(15)10-20(25)26-18)12-23-21(19)13-3-5-22-6-4-13/h3-7,9,18H,2,8,10-12H2,1H3. The Hall–Kier alpha value is -2.82. The second-order valence-corrected chi connectivity index (χ2v) is 6.77. The van der Waals surface area contributed by atoms with E-state index < -0.39 is 0 Å². The van der Waals surface area contributed by atoms with Crippen LogP contribution in [0.5, 0.6) is 0 Å². The highest BCUT2D eigenvalue weighted by Crippen LogP contribution is 2.30. The van der Waals surface area contributed by atoms with Gasteiger partial charge in [-0.2, -0.15) is 0 Å². The maximum Gasteiger partial charge on any atom is 0.310 e. The lowest BCUT2D eigenvalue weighted by Gasteiger charge is -2.15. The number of carbonyl (C=O) groups excluding carboxylic acids is 2. The minimum Gasteiger partial charge on any atom is -0.461 e. The number of hydrogen-bond donors (Lipinski definition) is 0. The minimum atomic E-state index is -0.378. The third-order valence-corrected chi connectivity index (χ3v) is 4.97. The van der Waals surface area contributed by atoms with Crippen molar-refractivity contribution in [1.82, 2.24) is 4.98 Å². The fraction of sp³-hybridized carbons (Fsp3) is 0.333. The first kappa shape index (κ1) is 16.6. The number of Topliss-reactive ketones (excluding diaryl/α,β-unsaturated/α-hetero) is 1. The van der Waals surface area contributed by atoms with E-state index in [1.54, 1.807) is 12.4 Å². The van der Waals surface area contributed by atoms with Gasteiger partial charge >= 0.3 is 5.97 Å². The first-order valence-electron chi connectivity index (χ1n) is 8.95. The van der Waals surface area contributed by atoms with Crippen molar-refractivity contribution in [2.75, 3.05) is 0 Å². The Balaban J connectivity index is 1.69. The van der Waals surface area contributed by atoms with Crippen molar-refractivity contribution < 1.29 is 14.3 Å². The number of carbonyl (C=O) groups is 2. The van der Waals surface area contributed by atoms with Gasteiger partial charge in [0.15, 0.2) is 0 Å². The zero-order valence-corrected chi connectivity index (χ0v) is 14.7. The zero-order valence-electron chi connectivity index (χ0n) is 14.7. The molecule has 3 heterocycles.